The van der Waals surface area contributed by atoms with E-state index in [9.17, 15) is 4.79 Å². The fraction of sp³-hybridized carbons (Fsp3) is 0.462. The van der Waals surface area contributed by atoms with E-state index in [1.807, 2.05) is 12.1 Å². The minimum Gasteiger partial charge on any atom is -0.496 e. The number of para-hydroxylation sites is 1. The third kappa shape index (κ3) is 1.95. The van der Waals surface area contributed by atoms with Gasteiger partial charge in [-0.15, -0.1) is 0 Å². The molecule has 1 aliphatic rings. The molecule has 2 atom stereocenters. The van der Waals surface area contributed by atoms with Crippen molar-refractivity contribution in [3.8, 4) is 5.75 Å². The van der Waals surface area contributed by atoms with E-state index in [-0.39, 0.29) is 12.2 Å². The number of aldehydes is 1. The van der Waals surface area contributed by atoms with E-state index in [1.165, 1.54) is 0 Å². The van der Waals surface area contributed by atoms with Crippen molar-refractivity contribution in [2.45, 2.75) is 32.0 Å². The first-order chi connectivity index (χ1) is 7.76. The molecule has 0 N–H and O–H groups in total. The average Bonchev–Trinajstić information content (AvgIpc) is 2.74. The first-order valence-electron chi connectivity index (χ1n) is 5.53. The lowest BCUT2D eigenvalue weighted by atomic mass is 10.0. The van der Waals surface area contributed by atoms with Crippen LogP contribution in [0.1, 0.15) is 41.8 Å². The topological polar surface area (TPSA) is 35.5 Å². The van der Waals surface area contributed by atoms with Crippen LogP contribution in [0, 0.1) is 0 Å². The van der Waals surface area contributed by atoms with E-state index in [1.54, 1.807) is 13.2 Å². The molecular formula is C13H16O3. The molecule has 86 valence electrons. The third-order valence-electron chi connectivity index (χ3n) is 2.99. The molecule has 0 aromatic heterocycles. The summed E-state index contributed by atoms with van der Waals surface area (Å²) in [6.45, 7) is 2.07. The van der Waals surface area contributed by atoms with Crippen molar-refractivity contribution in [3.05, 3.63) is 29.3 Å². The monoisotopic (exact) mass is 220 g/mol. The Morgan fingerprint density at radius 1 is 1.44 bits per heavy atom. The van der Waals surface area contributed by atoms with E-state index < -0.39 is 0 Å². The van der Waals surface area contributed by atoms with Gasteiger partial charge in [0.2, 0.25) is 0 Å². The normalized spacial score (nSPS) is 24.4. The minimum absolute atomic E-state index is 0.0600. The molecule has 0 saturated carbocycles. The summed E-state index contributed by atoms with van der Waals surface area (Å²) in [6, 6.07) is 5.59. The highest BCUT2D eigenvalue weighted by Crippen LogP contribution is 2.38. The fourth-order valence-corrected chi connectivity index (χ4v) is 2.19. The number of ether oxygens (including phenoxy) is 2. The summed E-state index contributed by atoms with van der Waals surface area (Å²) < 4.78 is 11.1. The lowest BCUT2D eigenvalue weighted by Crippen LogP contribution is -2.04. The molecule has 1 saturated heterocycles. The molecule has 0 amide bonds. The molecule has 1 aromatic rings. The molecule has 0 radical (unpaired) electrons. The lowest BCUT2D eigenvalue weighted by molar-refractivity contribution is 0.0540. The first-order valence-corrected chi connectivity index (χ1v) is 5.53. The van der Waals surface area contributed by atoms with Gasteiger partial charge in [0.25, 0.3) is 0 Å². The smallest absolute Gasteiger partial charge is 0.153 e. The van der Waals surface area contributed by atoms with E-state index in [0.29, 0.717) is 11.3 Å². The largest absolute Gasteiger partial charge is 0.496 e. The van der Waals surface area contributed by atoms with E-state index in [0.717, 1.165) is 24.7 Å². The van der Waals surface area contributed by atoms with Gasteiger partial charge >= 0.3 is 0 Å². The predicted molar refractivity (Wildman–Crippen MR) is 60.9 cm³/mol. The molecular weight excluding hydrogens is 204 g/mol. The van der Waals surface area contributed by atoms with Crippen LogP contribution in [0.2, 0.25) is 0 Å². The molecule has 0 spiro atoms. The van der Waals surface area contributed by atoms with Gasteiger partial charge in [-0.3, -0.25) is 4.79 Å². The summed E-state index contributed by atoms with van der Waals surface area (Å²) in [5.74, 6) is 0.650. The van der Waals surface area contributed by atoms with Gasteiger partial charge in [-0.2, -0.15) is 0 Å². The van der Waals surface area contributed by atoms with Crippen LogP contribution < -0.4 is 4.74 Å². The van der Waals surface area contributed by atoms with Gasteiger partial charge in [0, 0.05) is 5.56 Å². The van der Waals surface area contributed by atoms with Gasteiger partial charge in [-0.05, 0) is 25.8 Å². The van der Waals surface area contributed by atoms with Crippen LogP contribution in [0.5, 0.6) is 5.75 Å². The van der Waals surface area contributed by atoms with E-state index in [4.69, 9.17) is 9.47 Å². The molecule has 2 rings (SSSR count). The van der Waals surface area contributed by atoms with Crippen LogP contribution in [0.15, 0.2) is 18.2 Å². The second-order valence-corrected chi connectivity index (χ2v) is 4.10. The summed E-state index contributed by atoms with van der Waals surface area (Å²) in [4.78, 5) is 10.9. The van der Waals surface area contributed by atoms with Crippen LogP contribution >= 0.6 is 0 Å². The lowest BCUT2D eigenvalue weighted by Gasteiger charge is -2.16. The SMILES string of the molecule is COc1c(C=O)cccc1C1CCC(C)O1. The zero-order valence-electron chi connectivity index (χ0n) is 9.60. The Bertz CT molecular complexity index is 387. The maximum Gasteiger partial charge on any atom is 0.153 e. The Balaban J connectivity index is 2.36. The first kappa shape index (κ1) is 11.1. The summed E-state index contributed by atoms with van der Waals surface area (Å²) in [5.41, 5.74) is 1.57. The van der Waals surface area contributed by atoms with Gasteiger partial charge in [-0.25, -0.2) is 0 Å². The number of methoxy groups -OCH3 is 1. The summed E-state index contributed by atoms with van der Waals surface area (Å²) >= 11 is 0. The van der Waals surface area contributed by atoms with Gasteiger partial charge in [0.05, 0.1) is 24.9 Å². The van der Waals surface area contributed by atoms with Crippen LogP contribution in [0.4, 0.5) is 0 Å². The zero-order chi connectivity index (χ0) is 11.5. The van der Waals surface area contributed by atoms with Crippen molar-refractivity contribution in [2.24, 2.45) is 0 Å². The molecule has 1 fully saturated rings. The second-order valence-electron chi connectivity index (χ2n) is 4.10. The number of rotatable bonds is 3. The van der Waals surface area contributed by atoms with E-state index in [2.05, 4.69) is 6.92 Å². The molecule has 1 aliphatic heterocycles. The molecule has 16 heavy (non-hydrogen) atoms. The van der Waals surface area contributed by atoms with Crippen LogP contribution in [0.3, 0.4) is 0 Å². The third-order valence-corrected chi connectivity index (χ3v) is 2.99. The number of carbonyl (C=O) groups excluding carboxylic acids is 1. The van der Waals surface area contributed by atoms with Crippen LogP contribution in [-0.2, 0) is 4.74 Å². The molecule has 2 unspecified atom stereocenters. The van der Waals surface area contributed by atoms with Crippen molar-refractivity contribution in [1.29, 1.82) is 0 Å². The molecule has 1 heterocycles. The summed E-state index contributed by atoms with van der Waals surface area (Å²) in [6.07, 6.45) is 3.21. The molecule has 0 aliphatic carbocycles. The highest BCUT2D eigenvalue weighted by atomic mass is 16.5. The summed E-state index contributed by atoms with van der Waals surface area (Å²) in [7, 11) is 1.59. The number of hydrogen-bond acceptors (Lipinski definition) is 3. The standard InChI is InChI=1S/C13H16O3/c1-9-6-7-12(16-9)11-5-3-4-10(8-14)13(11)15-2/h3-5,8-9,12H,6-7H2,1-2H3. The highest BCUT2D eigenvalue weighted by molar-refractivity contribution is 5.80. The number of hydrogen-bond donors (Lipinski definition) is 0. The molecule has 3 nitrogen and oxygen atoms in total. The van der Waals surface area contributed by atoms with Crippen molar-refractivity contribution in [1.82, 2.24) is 0 Å². The Kier molecular flexibility index (Phi) is 3.25. The molecule has 3 heteroatoms. The van der Waals surface area contributed by atoms with Gasteiger partial charge in [0.15, 0.2) is 6.29 Å². The van der Waals surface area contributed by atoms with Crippen LogP contribution in [0.25, 0.3) is 0 Å². The molecule has 0 bridgehead atoms. The Morgan fingerprint density at radius 3 is 2.81 bits per heavy atom. The van der Waals surface area contributed by atoms with Gasteiger partial charge in [-0.1, -0.05) is 12.1 Å². The van der Waals surface area contributed by atoms with E-state index >= 15 is 0 Å². The van der Waals surface area contributed by atoms with Crippen molar-refractivity contribution in [3.63, 3.8) is 0 Å². The van der Waals surface area contributed by atoms with Crippen molar-refractivity contribution in [2.75, 3.05) is 7.11 Å². The minimum atomic E-state index is 0.0600. The van der Waals surface area contributed by atoms with Gasteiger partial charge < -0.3 is 9.47 Å². The molecule has 1 aromatic carbocycles. The van der Waals surface area contributed by atoms with Crippen LogP contribution in [-0.4, -0.2) is 19.5 Å². The van der Waals surface area contributed by atoms with Gasteiger partial charge in [0.1, 0.15) is 5.75 Å². The average molecular weight is 220 g/mol. The second kappa shape index (κ2) is 4.66. The number of carbonyl (C=O) groups is 1. The maximum atomic E-state index is 10.9. The van der Waals surface area contributed by atoms with Crippen molar-refractivity contribution < 1.29 is 14.3 Å². The zero-order valence-corrected chi connectivity index (χ0v) is 9.60. The fourth-order valence-electron chi connectivity index (χ4n) is 2.19. The highest BCUT2D eigenvalue weighted by Gasteiger charge is 2.26. The Hall–Kier alpha value is -1.35. The van der Waals surface area contributed by atoms with Crippen molar-refractivity contribution >= 4 is 6.29 Å². The quantitative estimate of drug-likeness (QED) is 0.735. The predicted octanol–water partition coefficient (Wildman–Crippen LogP) is 2.75. The maximum absolute atomic E-state index is 10.9. The summed E-state index contributed by atoms with van der Waals surface area (Å²) in [5, 5.41) is 0. The number of benzene rings is 1. The Labute approximate surface area is 95.4 Å². The Morgan fingerprint density at radius 2 is 2.25 bits per heavy atom.